The van der Waals surface area contributed by atoms with Crippen LogP contribution in [0.15, 0.2) is 12.1 Å². The minimum Gasteiger partial charge on any atom is -0.490 e. The molecule has 1 aromatic carbocycles. The second-order valence-corrected chi connectivity index (χ2v) is 7.66. The Bertz CT molecular complexity index is 683. The van der Waals surface area contributed by atoms with Gasteiger partial charge in [0.2, 0.25) is 0 Å². The largest absolute Gasteiger partial charge is 0.490 e. The zero-order chi connectivity index (χ0) is 20.6. The maximum atomic E-state index is 12.9. The van der Waals surface area contributed by atoms with Crippen LogP contribution in [0.25, 0.3) is 0 Å². The number of hydrogen-bond acceptors (Lipinski definition) is 7. The molecule has 1 aromatic rings. The molecule has 3 N–H and O–H groups in total. The number of carbonyl (C=O) groups is 1. The molecule has 1 fully saturated rings. The lowest BCUT2D eigenvalue weighted by Gasteiger charge is -2.36. The van der Waals surface area contributed by atoms with Gasteiger partial charge in [-0.1, -0.05) is 0 Å². The number of aliphatic hydroxyl groups excluding tert-OH is 2. The number of fused-ring (bicyclic) bond motifs is 1. The standard InChI is InChI=1S/C21H32N2O6/c1-27-14-15-10-17(20-19(11-15)28-8-3-9-29-20)21(26)22-12-16-4-6-23(5-2-7-24)13-18(16)25/h10-11,16,18,24-25H,2-9,12-14H2,1H3,(H,22,26)/t16-,18+/m0/s1. The predicted molar refractivity (Wildman–Crippen MR) is 107 cm³/mol. The summed E-state index contributed by atoms with van der Waals surface area (Å²) >= 11 is 0. The molecule has 0 aliphatic carbocycles. The first kappa shape index (κ1) is 21.8. The van der Waals surface area contributed by atoms with E-state index in [-0.39, 0.29) is 18.4 Å². The summed E-state index contributed by atoms with van der Waals surface area (Å²) in [4.78, 5) is 15.1. The molecule has 2 heterocycles. The van der Waals surface area contributed by atoms with Gasteiger partial charge in [-0.3, -0.25) is 4.79 Å². The van der Waals surface area contributed by atoms with Gasteiger partial charge >= 0.3 is 0 Å². The zero-order valence-corrected chi connectivity index (χ0v) is 17.1. The summed E-state index contributed by atoms with van der Waals surface area (Å²) in [6.45, 7) is 4.18. The molecule has 0 bridgehead atoms. The van der Waals surface area contributed by atoms with Crippen LogP contribution in [0.5, 0.6) is 11.5 Å². The number of rotatable bonds is 8. The Morgan fingerprint density at radius 2 is 2.17 bits per heavy atom. The number of β-amino-alcohol motifs (C(OH)–C–C–N with tert-alkyl or cyclic N) is 1. The van der Waals surface area contributed by atoms with E-state index < -0.39 is 6.10 Å². The fourth-order valence-corrected chi connectivity index (χ4v) is 3.85. The van der Waals surface area contributed by atoms with E-state index >= 15 is 0 Å². The van der Waals surface area contributed by atoms with Crippen molar-refractivity contribution >= 4 is 5.91 Å². The molecule has 1 amide bonds. The Morgan fingerprint density at radius 1 is 1.34 bits per heavy atom. The van der Waals surface area contributed by atoms with Crippen molar-refractivity contribution < 1.29 is 29.2 Å². The number of hydrogen-bond donors (Lipinski definition) is 3. The van der Waals surface area contributed by atoms with E-state index in [1.807, 2.05) is 6.07 Å². The molecule has 0 aromatic heterocycles. The summed E-state index contributed by atoms with van der Waals surface area (Å²) < 4.78 is 16.8. The third-order valence-corrected chi connectivity index (χ3v) is 5.43. The van der Waals surface area contributed by atoms with Gasteiger partial charge in [0.1, 0.15) is 0 Å². The van der Waals surface area contributed by atoms with Crippen molar-refractivity contribution in [2.75, 3.05) is 53.1 Å². The normalized spacial score (nSPS) is 22.2. The van der Waals surface area contributed by atoms with Gasteiger partial charge in [-0.05, 0) is 37.1 Å². The summed E-state index contributed by atoms with van der Waals surface area (Å²) in [6.07, 6.45) is 1.77. The average molecular weight is 408 g/mol. The van der Waals surface area contributed by atoms with E-state index in [1.54, 1.807) is 13.2 Å². The number of aliphatic hydroxyl groups is 2. The van der Waals surface area contributed by atoms with Gasteiger partial charge < -0.3 is 34.6 Å². The predicted octanol–water partition coefficient (Wildman–Crippen LogP) is 0.789. The Morgan fingerprint density at radius 3 is 2.93 bits per heavy atom. The van der Waals surface area contributed by atoms with Crippen LogP contribution in [0.2, 0.25) is 0 Å². The molecule has 0 saturated carbocycles. The van der Waals surface area contributed by atoms with Crippen molar-refractivity contribution in [3.8, 4) is 11.5 Å². The van der Waals surface area contributed by atoms with Gasteiger partial charge in [0.05, 0.1) is 31.5 Å². The highest BCUT2D eigenvalue weighted by atomic mass is 16.5. The van der Waals surface area contributed by atoms with Crippen molar-refractivity contribution in [2.45, 2.75) is 32.0 Å². The van der Waals surface area contributed by atoms with Gasteiger partial charge in [-0.2, -0.15) is 0 Å². The lowest BCUT2D eigenvalue weighted by Crippen LogP contribution is -2.48. The molecule has 2 aliphatic heterocycles. The fraction of sp³-hybridized carbons (Fsp3) is 0.667. The van der Waals surface area contributed by atoms with Crippen LogP contribution in [0.3, 0.4) is 0 Å². The number of amides is 1. The third-order valence-electron chi connectivity index (χ3n) is 5.43. The van der Waals surface area contributed by atoms with Gasteiger partial charge in [0, 0.05) is 45.7 Å². The van der Waals surface area contributed by atoms with Crippen LogP contribution in [-0.4, -0.2) is 80.2 Å². The first-order chi connectivity index (χ1) is 14.1. The molecule has 3 rings (SSSR count). The Labute approximate surface area is 171 Å². The molecule has 162 valence electrons. The van der Waals surface area contributed by atoms with Crippen LogP contribution in [-0.2, 0) is 11.3 Å². The minimum absolute atomic E-state index is 0.00209. The fourth-order valence-electron chi connectivity index (χ4n) is 3.85. The third kappa shape index (κ3) is 5.82. The number of benzene rings is 1. The summed E-state index contributed by atoms with van der Waals surface area (Å²) in [6, 6.07) is 3.63. The van der Waals surface area contributed by atoms with Crippen LogP contribution in [0, 0.1) is 5.92 Å². The molecule has 2 aliphatic rings. The number of ether oxygens (including phenoxy) is 3. The first-order valence-corrected chi connectivity index (χ1v) is 10.3. The van der Waals surface area contributed by atoms with Crippen LogP contribution < -0.4 is 14.8 Å². The van der Waals surface area contributed by atoms with Gasteiger partial charge in [-0.15, -0.1) is 0 Å². The number of piperidine rings is 1. The summed E-state index contributed by atoms with van der Waals surface area (Å²) in [5.41, 5.74) is 1.28. The highest BCUT2D eigenvalue weighted by Gasteiger charge is 2.28. The van der Waals surface area contributed by atoms with E-state index in [9.17, 15) is 9.90 Å². The molecule has 2 atom stereocenters. The summed E-state index contributed by atoms with van der Waals surface area (Å²) in [5.74, 6) is 0.806. The Hall–Kier alpha value is -1.87. The topological polar surface area (TPSA) is 100 Å². The van der Waals surface area contributed by atoms with E-state index in [1.165, 1.54) is 0 Å². The number of nitrogens with zero attached hydrogens (tertiary/aromatic N) is 1. The average Bonchev–Trinajstić information content (AvgIpc) is 2.96. The molecule has 0 unspecified atom stereocenters. The van der Waals surface area contributed by atoms with E-state index in [0.717, 1.165) is 31.5 Å². The minimum atomic E-state index is -0.501. The van der Waals surface area contributed by atoms with Crippen molar-refractivity contribution in [2.24, 2.45) is 5.92 Å². The SMILES string of the molecule is COCc1cc2c(c(C(=O)NC[C@@H]3CCN(CCCO)C[C@H]3O)c1)OCCCO2. The highest BCUT2D eigenvalue weighted by molar-refractivity contribution is 5.98. The molecule has 0 radical (unpaired) electrons. The van der Waals surface area contributed by atoms with Gasteiger partial charge in [0.15, 0.2) is 11.5 Å². The Kier molecular flexibility index (Phi) is 8.11. The van der Waals surface area contributed by atoms with E-state index in [2.05, 4.69) is 10.2 Å². The van der Waals surface area contributed by atoms with Gasteiger partial charge in [-0.25, -0.2) is 0 Å². The molecule has 8 heteroatoms. The second-order valence-electron chi connectivity index (χ2n) is 7.66. The number of nitrogens with one attached hydrogen (secondary N) is 1. The zero-order valence-electron chi connectivity index (χ0n) is 17.1. The van der Waals surface area contributed by atoms with E-state index in [4.69, 9.17) is 19.3 Å². The summed E-state index contributed by atoms with van der Waals surface area (Å²) in [7, 11) is 1.61. The Balaban J connectivity index is 1.64. The smallest absolute Gasteiger partial charge is 0.255 e. The molecule has 1 saturated heterocycles. The quantitative estimate of drug-likeness (QED) is 0.585. The van der Waals surface area contributed by atoms with Crippen LogP contribution in [0.1, 0.15) is 35.2 Å². The summed E-state index contributed by atoms with van der Waals surface area (Å²) in [5, 5.41) is 22.4. The van der Waals surface area contributed by atoms with Gasteiger partial charge in [0.25, 0.3) is 5.91 Å². The number of methoxy groups -OCH3 is 1. The molecular weight excluding hydrogens is 376 g/mol. The molecule has 29 heavy (non-hydrogen) atoms. The van der Waals surface area contributed by atoms with Crippen molar-refractivity contribution in [1.29, 1.82) is 0 Å². The number of likely N-dealkylation sites (tertiary alicyclic amines) is 1. The maximum absolute atomic E-state index is 12.9. The van der Waals surface area contributed by atoms with Crippen molar-refractivity contribution in [1.82, 2.24) is 10.2 Å². The van der Waals surface area contributed by atoms with Crippen LogP contribution in [0.4, 0.5) is 0 Å². The monoisotopic (exact) mass is 408 g/mol. The lowest BCUT2D eigenvalue weighted by molar-refractivity contribution is 0.0201. The van der Waals surface area contributed by atoms with Crippen molar-refractivity contribution in [3.05, 3.63) is 23.3 Å². The van der Waals surface area contributed by atoms with Crippen molar-refractivity contribution in [3.63, 3.8) is 0 Å². The lowest BCUT2D eigenvalue weighted by atomic mass is 9.93. The maximum Gasteiger partial charge on any atom is 0.255 e. The highest BCUT2D eigenvalue weighted by Crippen LogP contribution is 2.35. The van der Waals surface area contributed by atoms with Crippen LogP contribution >= 0.6 is 0 Å². The first-order valence-electron chi connectivity index (χ1n) is 10.3. The molecular formula is C21H32N2O6. The molecule has 0 spiro atoms. The number of carbonyl (C=O) groups excluding carboxylic acids is 1. The second kappa shape index (κ2) is 10.8. The van der Waals surface area contributed by atoms with E-state index in [0.29, 0.717) is 56.4 Å². The molecule has 8 nitrogen and oxygen atoms in total.